The molecule has 29 heavy (non-hydrogen) atoms. The van der Waals surface area contributed by atoms with Gasteiger partial charge in [-0.15, -0.1) is 0 Å². The van der Waals surface area contributed by atoms with E-state index in [1.807, 2.05) is 30.3 Å². The first-order chi connectivity index (χ1) is 14.0. The van der Waals surface area contributed by atoms with Crippen molar-refractivity contribution >= 4 is 34.1 Å². The summed E-state index contributed by atoms with van der Waals surface area (Å²) < 4.78 is 14.7. The summed E-state index contributed by atoms with van der Waals surface area (Å²) in [7, 11) is 0. The number of hydrogen-bond acceptors (Lipinski definition) is 6. The normalized spacial score (nSPS) is 19.1. The predicted molar refractivity (Wildman–Crippen MR) is 112 cm³/mol. The summed E-state index contributed by atoms with van der Waals surface area (Å²) in [4.78, 5) is 20.6. The van der Waals surface area contributed by atoms with Crippen LogP contribution in [0.4, 0.5) is 21.7 Å². The summed E-state index contributed by atoms with van der Waals surface area (Å²) in [5, 5.41) is 7.13. The van der Waals surface area contributed by atoms with E-state index >= 15 is 0 Å². The van der Waals surface area contributed by atoms with Crippen LogP contribution in [0, 0.1) is 5.82 Å². The number of aromatic nitrogens is 2. The third kappa shape index (κ3) is 3.97. The first-order valence-electron chi connectivity index (χ1n) is 9.66. The summed E-state index contributed by atoms with van der Waals surface area (Å²) >= 11 is 0. The first-order valence-corrected chi connectivity index (χ1v) is 9.66. The molecule has 1 unspecified atom stereocenters. The summed E-state index contributed by atoms with van der Waals surface area (Å²) in [5.74, 6) is -1.19. The fourth-order valence-corrected chi connectivity index (χ4v) is 3.72. The van der Waals surface area contributed by atoms with Gasteiger partial charge in [0.05, 0.1) is 16.8 Å². The number of amides is 1. The van der Waals surface area contributed by atoms with Crippen LogP contribution in [0.3, 0.4) is 0 Å². The Morgan fingerprint density at radius 1 is 1.14 bits per heavy atom. The van der Waals surface area contributed by atoms with E-state index in [4.69, 9.17) is 11.5 Å². The molecule has 1 aromatic carbocycles. The highest BCUT2D eigenvalue weighted by molar-refractivity contribution is 6.00. The summed E-state index contributed by atoms with van der Waals surface area (Å²) in [6.45, 7) is 0. The van der Waals surface area contributed by atoms with Crippen LogP contribution in [-0.4, -0.2) is 28.0 Å². The molecule has 1 aliphatic carbocycles. The van der Waals surface area contributed by atoms with Crippen molar-refractivity contribution in [2.24, 2.45) is 11.5 Å². The molecule has 7 nitrogen and oxygen atoms in total. The molecule has 0 bridgehead atoms. The standard InChI is InChI=1S/C21H23FN6O/c22-14-11-13(19(24)29)20(28-21(14)26-16-8-2-1-7-15(16)23)27-17-9-3-5-12-6-4-10-25-18(12)17/h3-6,9-11,15-16H,1-2,7-8,23H2,(H2,24,29)(H2,26,27,28)/t15-,16?/m0/s1. The molecule has 2 aromatic heterocycles. The molecule has 2 atom stereocenters. The molecule has 0 saturated heterocycles. The molecule has 0 spiro atoms. The minimum absolute atomic E-state index is 0.0334. The molecule has 1 aliphatic rings. The van der Waals surface area contributed by atoms with E-state index in [9.17, 15) is 9.18 Å². The molecule has 1 fully saturated rings. The lowest BCUT2D eigenvalue weighted by Crippen LogP contribution is -2.43. The maximum atomic E-state index is 14.7. The number of carbonyl (C=O) groups is 1. The minimum Gasteiger partial charge on any atom is -0.365 e. The minimum atomic E-state index is -0.770. The maximum absolute atomic E-state index is 14.7. The van der Waals surface area contributed by atoms with E-state index in [-0.39, 0.29) is 29.3 Å². The molecule has 1 amide bonds. The quantitative estimate of drug-likeness (QED) is 0.527. The Morgan fingerprint density at radius 3 is 2.72 bits per heavy atom. The zero-order valence-corrected chi connectivity index (χ0v) is 15.9. The van der Waals surface area contributed by atoms with E-state index in [0.717, 1.165) is 37.1 Å². The summed E-state index contributed by atoms with van der Waals surface area (Å²) in [6.07, 6.45) is 5.50. The van der Waals surface area contributed by atoms with E-state index in [1.165, 1.54) is 0 Å². The average Bonchev–Trinajstić information content (AvgIpc) is 2.72. The number of para-hydroxylation sites is 1. The molecular formula is C21H23FN6O. The Balaban J connectivity index is 1.72. The average molecular weight is 394 g/mol. The number of anilines is 3. The van der Waals surface area contributed by atoms with Gasteiger partial charge in [0.15, 0.2) is 11.6 Å². The van der Waals surface area contributed by atoms with Crippen molar-refractivity contribution < 1.29 is 9.18 Å². The van der Waals surface area contributed by atoms with Gasteiger partial charge in [-0.1, -0.05) is 31.0 Å². The Bertz CT molecular complexity index is 1050. The lowest BCUT2D eigenvalue weighted by molar-refractivity contribution is 0.100. The number of hydrogen-bond donors (Lipinski definition) is 4. The second-order valence-electron chi connectivity index (χ2n) is 7.28. The lowest BCUT2D eigenvalue weighted by Gasteiger charge is -2.30. The number of nitrogens with two attached hydrogens (primary N) is 2. The molecule has 0 radical (unpaired) electrons. The van der Waals surface area contributed by atoms with Crippen LogP contribution in [0.5, 0.6) is 0 Å². The molecule has 0 aliphatic heterocycles. The Labute approximate surface area is 167 Å². The largest absolute Gasteiger partial charge is 0.365 e. The third-order valence-electron chi connectivity index (χ3n) is 5.27. The summed E-state index contributed by atoms with van der Waals surface area (Å²) in [6, 6.07) is 10.3. The maximum Gasteiger partial charge on any atom is 0.252 e. The second-order valence-corrected chi connectivity index (χ2v) is 7.28. The van der Waals surface area contributed by atoms with Gasteiger partial charge in [-0.05, 0) is 31.0 Å². The van der Waals surface area contributed by atoms with Gasteiger partial charge in [0.2, 0.25) is 0 Å². The van der Waals surface area contributed by atoms with E-state index in [1.54, 1.807) is 6.20 Å². The zero-order chi connectivity index (χ0) is 20.4. The van der Waals surface area contributed by atoms with Crippen LogP contribution in [0.2, 0.25) is 0 Å². The molecule has 150 valence electrons. The zero-order valence-electron chi connectivity index (χ0n) is 15.9. The smallest absolute Gasteiger partial charge is 0.252 e. The highest BCUT2D eigenvalue weighted by Gasteiger charge is 2.24. The highest BCUT2D eigenvalue weighted by atomic mass is 19.1. The topological polar surface area (TPSA) is 119 Å². The molecular weight excluding hydrogens is 371 g/mol. The van der Waals surface area contributed by atoms with Gasteiger partial charge in [-0.25, -0.2) is 9.37 Å². The van der Waals surface area contributed by atoms with Crippen molar-refractivity contribution in [2.75, 3.05) is 10.6 Å². The van der Waals surface area contributed by atoms with Gasteiger partial charge < -0.3 is 22.1 Å². The molecule has 4 rings (SSSR count). The van der Waals surface area contributed by atoms with E-state index < -0.39 is 11.7 Å². The third-order valence-corrected chi connectivity index (χ3v) is 5.27. The van der Waals surface area contributed by atoms with Gasteiger partial charge in [0, 0.05) is 23.7 Å². The van der Waals surface area contributed by atoms with Crippen molar-refractivity contribution in [3.8, 4) is 0 Å². The van der Waals surface area contributed by atoms with Gasteiger partial charge >= 0.3 is 0 Å². The fourth-order valence-electron chi connectivity index (χ4n) is 3.72. The second kappa shape index (κ2) is 8.00. The molecule has 8 heteroatoms. The first kappa shape index (κ1) is 19.1. The van der Waals surface area contributed by atoms with Crippen molar-refractivity contribution in [1.82, 2.24) is 9.97 Å². The molecule has 3 aromatic rings. The Morgan fingerprint density at radius 2 is 1.93 bits per heavy atom. The van der Waals surface area contributed by atoms with Crippen molar-refractivity contribution in [3.63, 3.8) is 0 Å². The number of benzene rings is 1. The number of rotatable bonds is 5. The predicted octanol–water partition coefficient (Wildman–Crippen LogP) is 3.29. The Kier molecular flexibility index (Phi) is 5.26. The number of pyridine rings is 2. The van der Waals surface area contributed by atoms with Crippen LogP contribution in [0.25, 0.3) is 10.9 Å². The number of carbonyl (C=O) groups excluding carboxylic acids is 1. The SMILES string of the molecule is NC(=O)c1cc(F)c(NC2CCCC[C@@H]2N)nc1Nc1cccc2cccnc12. The van der Waals surface area contributed by atoms with Crippen LogP contribution in [0.1, 0.15) is 36.0 Å². The van der Waals surface area contributed by atoms with Crippen molar-refractivity contribution in [1.29, 1.82) is 0 Å². The number of primary amides is 1. The van der Waals surface area contributed by atoms with Gasteiger partial charge in [-0.2, -0.15) is 0 Å². The van der Waals surface area contributed by atoms with Crippen molar-refractivity contribution in [3.05, 3.63) is 54.0 Å². The van der Waals surface area contributed by atoms with Crippen LogP contribution >= 0.6 is 0 Å². The van der Waals surface area contributed by atoms with E-state index in [2.05, 4.69) is 20.6 Å². The fraction of sp³-hybridized carbons (Fsp3) is 0.286. The van der Waals surface area contributed by atoms with Crippen LogP contribution < -0.4 is 22.1 Å². The van der Waals surface area contributed by atoms with Gasteiger partial charge in [0.25, 0.3) is 5.91 Å². The Hall–Kier alpha value is -3.26. The number of fused-ring (bicyclic) bond motifs is 1. The lowest BCUT2D eigenvalue weighted by atomic mass is 9.91. The molecule has 6 N–H and O–H groups in total. The number of halogens is 1. The molecule has 2 heterocycles. The van der Waals surface area contributed by atoms with Crippen LogP contribution in [-0.2, 0) is 0 Å². The highest BCUT2D eigenvalue weighted by Crippen LogP contribution is 2.29. The number of nitrogens with one attached hydrogen (secondary N) is 2. The van der Waals surface area contributed by atoms with Gasteiger partial charge in [-0.3, -0.25) is 9.78 Å². The van der Waals surface area contributed by atoms with Crippen LogP contribution in [0.15, 0.2) is 42.6 Å². The monoisotopic (exact) mass is 394 g/mol. The summed E-state index contributed by atoms with van der Waals surface area (Å²) in [5.41, 5.74) is 13.0. The molecule has 1 saturated carbocycles. The van der Waals surface area contributed by atoms with E-state index in [0.29, 0.717) is 11.2 Å². The van der Waals surface area contributed by atoms with Crippen molar-refractivity contribution in [2.45, 2.75) is 37.8 Å². The van der Waals surface area contributed by atoms with Gasteiger partial charge in [0.1, 0.15) is 5.82 Å². The number of nitrogens with zero attached hydrogens (tertiary/aromatic N) is 2.